The molecule has 1 amide bonds. The van der Waals surface area contributed by atoms with E-state index in [0.29, 0.717) is 16.7 Å². The van der Waals surface area contributed by atoms with E-state index in [1.165, 1.54) is 6.20 Å². The molecule has 0 atom stereocenters. The van der Waals surface area contributed by atoms with E-state index >= 15 is 0 Å². The third-order valence-corrected chi connectivity index (χ3v) is 6.07. The molecule has 176 valence electrons. The molecule has 0 unspecified atom stereocenters. The highest BCUT2D eigenvalue weighted by atomic mass is 16.2. The largest absolute Gasteiger partial charge is 0.336 e. The number of amides is 1. The molecule has 0 fully saturated rings. The van der Waals surface area contributed by atoms with Crippen molar-refractivity contribution < 1.29 is 4.79 Å². The zero-order chi connectivity index (χ0) is 25.2. The Morgan fingerprint density at radius 2 is 1.75 bits per heavy atom. The van der Waals surface area contributed by atoms with Crippen molar-refractivity contribution in [3.05, 3.63) is 112 Å². The Bertz CT molecular complexity index is 1710. The number of pyridine rings is 1. The van der Waals surface area contributed by atoms with Gasteiger partial charge in [-0.3, -0.25) is 9.59 Å². The van der Waals surface area contributed by atoms with Crippen LogP contribution in [0.2, 0.25) is 0 Å². The molecular formula is C29H23N5O2. The monoisotopic (exact) mass is 473 g/mol. The molecule has 7 nitrogen and oxygen atoms in total. The van der Waals surface area contributed by atoms with Crippen molar-refractivity contribution in [1.29, 1.82) is 5.26 Å². The summed E-state index contributed by atoms with van der Waals surface area (Å²) in [5.74, 6) is 0.213. The summed E-state index contributed by atoms with van der Waals surface area (Å²) in [6.45, 7) is 3.99. The number of aryl methyl sites for hydroxylation is 2. The van der Waals surface area contributed by atoms with Gasteiger partial charge in [0.15, 0.2) is 0 Å². The first-order valence-electron chi connectivity index (χ1n) is 11.5. The maximum Gasteiger partial charge on any atom is 0.245 e. The number of aromatic nitrogens is 3. The van der Waals surface area contributed by atoms with Gasteiger partial charge in [-0.05, 0) is 49.7 Å². The molecule has 0 aliphatic heterocycles. The summed E-state index contributed by atoms with van der Waals surface area (Å²) in [5, 5.41) is 17.6. The number of hydrogen-bond acceptors (Lipinski definition) is 4. The highest BCUT2D eigenvalue weighted by molar-refractivity contribution is 5.92. The molecule has 2 aromatic heterocycles. The second-order valence-electron chi connectivity index (χ2n) is 8.66. The van der Waals surface area contributed by atoms with Gasteiger partial charge in [-0.2, -0.15) is 10.4 Å². The van der Waals surface area contributed by atoms with E-state index in [2.05, 4.69) is 23.5 Å². The van der Waals surface area contributed by atoms with Gasteiger partial charge >= 0.3 is 0 Å². The van der Waals surface area contributed by atoms with Crippen LogP contribution in [-0.4, -0.2) is 20.3 Å². The Balaban J connectivity index is 1.54. The molecule has 2 heterocycles. The van der Waals surface area contributed by atoms with Crippen LogP contribution in [0.5, 0.6) is 0 Å². The fraction of sp³-hybridized carbons (Fsp3) is 0.103. The SMILES string of the molecule is Cc1ccc(C)c(-c2cc(NC(=O)Cn3cc(C#N)c(=O)c4ccccc43)n(-c3ccccc3)n2)c1. The summed E-state index contributed by atoms with van der Waals surface area (Å²) < 4.78 is 3.33. The van der Waals surface area contributed by atoms with Gasteiger partial charge in [0.1, 0.15) is 24.0 Å². The predicted molar refractivity (Wildman–Crippen MR) is 140 cm³/mol. The minimum Gasteiger partial charge on any atom is -0.336 e. The van der Waals surface area contributed by atoms with Gasteiger partial charge < -0.3 is 9.88 Å². The molecule has 36 heavy (non-hydrogen) atoms. The first-order valence-corrected chi connectivity index (χ1v) is 11.5. The maximum absolute atomic E-state index is 13.2. The highest BCUT2D eigenvalue weighted by Crippen LogP contribution is 2.28. The maximum atomic E-state index is 13.2. The standard InChI is InChI=1S/C29H23N5O2/c1-19-12-13-20(2)24(14-19)25-15-27(34(32-25)22-8-4-3-5-9-22)31-28(35)18-33-17-21(16-30)29(36)23-10-6-7-11-26(23)33/h3-15,17H,18H2,1-2H3,(H,31,35). The summed E-state index contributed by atoms with van der Waals surface area (Å²) >= 11 is 0. The van der Waals surface area contributed by atoms with E-state index in [1.807, 2.05) is 56.3 Å². The van der Waals surface area contributed by atoms with Crippen molar-refractivity contribution in [1.82, 2.24) is 14.3 Å². The third kappa shape index (κ3) is 4.28. The zero-order valence-corrected chi connectivity index (χ0v) is 19.9. The predicted octanol–water partition coefficient (Wildman–Crippen LogP) is 4.98. The highest BCUT2D eigenvalue weighted by Gasteiger charge is 2.17. The normalized spacial score (nSPS) is 10.8. The van der Waals surface area contributed by atoms with Gasteiger partial charge in [-0.25, -0.2) is 4.68 Å². The first kappa shape index (κ1) is 22.8. The lowest BCUT2D eigenvalue weighted by Gasteiger charge is -2.13. The first-order chi connectivity index (χ1) is 17.4. The molecule has 0 bridgehead atoms. The van der Waals surface area contributed by atoms with Crippen LogP contribution in [0.15, 0.2) is 89.9 Å². The average molecular weight is 474 g/mol. The van der Waals surface area contributed by atoms with Crippen molar-refractivity contribution in [2.45, 2.75) is 20.4 Å². The second kappa shape index (κ2) is 9.35. The summed E-state index contributed by atoms with van der Waals surface area (Å²) in [6.07, 6.45) is 1.43. The Morgan fingerprint density at radius 1 is 1.00 bits per heavy atom. The Kier molecular flexibility index (Phi) is 5.93. The van der Waals surface area contributed by atoms with Crippen LogP contribution >= 0.6 is 0 Å². The molecule has 7 heteroatoms. The number of fused-ring (bicyclic) bond motifs is 1. The van der Waals surface area contributed by atoms with Crippen molar-refractivity contribution in [2.75, 3.05) is 5.32 Å². The fourth-order valence-electron chi connectivity index (χ4n) is 4.27. The molecule has 0 saturated heterocycles. The average Bonchev–Trinajstić information content (AvgIpc) is 3.31. The van der Waals surface area contributed by atoms with Crippen LogP contribution < -0.4 is 10.7 Å². The molecule has 5 aromatic rings. The Hall–Kier alpha value is -4.96. The Morgan fingerprint density at radius 3 is 2.53 bits per heavy atom. The number of carbonyl (C=O) groups excluding carboxylic acids is 1. The van der Waals surface area contributed by atoms with Crippen molar-refractivity contribution in [2.24, 2.45) is 0 Å². The van der Waals surface area contributed by atoms with Crippen molar-refractivity contribution in [3.63, 3.8) is 0 Å². The number of benzene rings is 3. The minimum atomic E-state index is -0.343. The number of para-hydroxylation sites is 2. The fourth-order valence-corrected chi connectivity index (χ4v) is 4.27. The van der Waals surface area contributed by atoms with Gasteiger partial charge in [0.05, 0.1) is 16.9 Å². The number of nitrogens with zero attached hydrogens (tertiary/aromatic N) is 4. The lowest BCUT2D eigenvalue weighted by molar-refractivity contribution is -0.116. The summed E-state index contributed by atoms with van der Waals surface area (Å²) in [4.78, 5) is 25.8. The van der Waals surface area contributed by atoms with E-state index in [0.717, 1.165) is 28.1 Å². The van der Waals surface area contributed by atoms with Crippen LogP contribution in [0.1, 0.15) is 16.7 Å². The topological polar surface area (TPSA) is 92.7 Å². The Labute approximate surface area is 207 Å². The molecule has 3 aromatic carbocycles. The van der Waals surface area contributed by atoms with E-state index in [-0.39, 0.29) is 23.4 Å². The number of anilines is 1. The van der Waals surface area contributed by atoms with Gasteiger partial charge in [0.25, 0.3) is 0 Å². The summed E-state index contributed by atoms with van der Waals surface area (Å²) in [5.41, 5.74) is 4.99. The van der Waals surface area contributed by atoms with Crippen LogP contribution in [0.4, 0.5) is 5.82 Å². The van der Waals surface area contributed by atoms with E-state index in [1.54, 1.807) is 33.5 Å². The molecule has 0 spiro atoms. The molecule has 0 saturated carbocycles. The van der Waals surface area contributed by atoms with Gasteiger partial charge in [0, 0.05) is 23.2 Å². The van der Waals surface area contributed by atoms with Crippen LogP contribution in [0, 0.1) is 25.2 Å². The van der Waals surface area contributed by atoms with Gasteiger partial charge in [-0.15, -0.1) is 0 Å². The molecule has 5 rings (SSSR count). The van der Waals surface area contributed by atoms with Crippen molar-refractivity contribution in [3.8, 4) is 23.0 Å². The van der Waals surface area contributed by atoms with Gasteiger partial charge in [0.2, 0.25) is 11.3 Å². The number of hydrogen-bond donors (Lipinski definition) is 1. The van der Waals surface area contributed by atoms with Crippen LogP contribution in [0.25, 0.3) is 27.8 Å². The third-order valence-electron chi connectivity index (χ3n) is 6.07. The number of nitrogens with one attached hydrogen (secondary N) is 1. The molecule has 0 aliphatic carbocycles. The lowest BCUT2D eigenvalue weighted by atomic mass is 10.0. The van der Waals surface area contributed by atoms with Gasteiger partial charge in [-0.1, -0.05) is 48.0 Å². The van der Waals surface area contributed by atoms with Crippen molar-refractivity contribution >= 4 is 22.6 Å². The van der Waals surface area contributed by atoms with E-state index < -0.39 is 0 Å². The molecule has 0 radical (unpaired) electrons. The second-order valence-corrected chi connectivity index (χ2v) is 8.66. The van der Waals surface area contributed by atoms with Crippen LogP contribution in [0.3, 0.4) is 0 Å². The van der Waals surface area contributed by atoms with E-state index in [9.17, 15) is 14.9 Å². The minimum absolute atomic E-state index is 0.00645. The summed E-state index contributed by atoms with van der Waals surface area (Å²) in [6, 6.07) is 26.5. The molecular weight excluding hydrogens is 450 g/mol. The number of carbonyl (C=O) groups is 1. The molecule has 0 aliphatic rings. The smallest absolute Gasteiger partial charge is 0.245 e. The molecule has 1 N–H and O–H groups in total. The zero-order valence-electron chi connectivity index (χ0n) is 19.9. The van der Waals surface area contributed by atoms with E-state index in [4.69, 9.17) is 5.10 Å². The number of rotatable bonds is 5. The van der Waals surface area contributed by atoms with Crippen LogP contribution in [-0.2, 0) is 11.3 Å². The quantitative estimate of drug-likeness (QED) is 0.390. The number of nitriles is 1. The summed E-state index contributed by atoms with van der Waals surface area (Å²) in [7, 11) is 0. The lowest BCUT2D eigenvalue weighted by Crippen LogP contribution is -2.22.